The summed E-state index contributed by atoms with van der Waals surface area (Å²) in [6.45, 7) is 9.86. The molecule has 1 saturated carbocycles. The van der Waals surface area contributed by atoms with Crippen molar-refractivity contribution in [1.29, 1.82) is 0 Å². The first-order chi connectivity index (χ1) is 9.74. The molecule has 20 heavy (non-hydrogen) atoms. The highest BCUT2D eigenvalue weighted by Crippen LogP contribution is 2.29. The van der Waals surface area contributed by atoms with Crippen LogP contribution < -0.4 is 5.32 Å². The largest absolute Gasteiger partial charge is 0.396 e. The summed E-state index contributed by atoms with van der Waals surface area (Å²) in [7, 11) is 0. The predicted molar refractivity (Wildman–Crippen MR) is 84.8 cm³/mol. The third-order valence-corrected chi connectivity index (χ3v) is 5.70. The van der Waals surface area contributed by atoms with Crippen LogP contribution in [0.3, 0.4) is 0 Å². The molecule has 4 atom stereocenters. The zero-order valence-electron chi connectivity index (χ0n) is 13.5. The monoisotopic (exact) mass is 282 g/mol. The van der Waals surface area contributed by atoms with E-state index in [1.165, 1.54) is 58.2 Å². The lowest BCUT2D eigenvalue weighted by atomic mass is 9.79. The second-order valence-corrected chi connectivity index (χ2v) is 6.98. The fraction of sp³-hybridized carbons (Fsp3) is 1.00. The van der Waals surface area contributed by atoms with Gasteiger partial charge in [-0.05, 0) is 70.0 Å². The molecule has 1 aliphatic carbocycles. The molecule has 3 heteroatoms. The topological polar surface area (TPSA) is 35.5 Å². The fourth-order valence-corrected chi connectivity index (χ4v) is 4.08. The number of nitrogens with zero attached hydrogens (tertiary/aromatic N) is 1. The maximum Gasteiger partial charge on any atom is 0.0462 e. The van der Waals surface area contributed by atoms with E-state index in [-0.39, 0.29) is 0 Å². The molecule has 0 amide bonds. The normalized spacial score (nSPS) is 34.0. The average Bonchev–Trinajstić information content (AvgIpc) is 2.52. The number of hydrogen-bond donors (Lipinski definition) is 2. The second kappa shape index (κ2) is 8.35. The number of aliphatic hydroxyl groups excluding tert-OH is 1. The van der Waals surface area contributed by atoms with Crippen LogP contribution in [0, 0.1) is 17.8 Å². The van der Waals surface area contributed by atoms with Gasteiger partial charge in [-0.15, -0.1) is 0 Å². The average molecular weight is 282 g/mol. The van der Waals surface area contributed by atoms with Gasteiger partial charge in [-0.3, -0.25) is 0 Å². The van der Waals surface area contributed by atoms with Crippen molar-refractivity contribution in [1.82, 2.24) is 10.2 Å². The molecule has 0 radical (unpaired) electrons. The van der Waals surface area contributed by atoms with Crippen LogP contribution in [0.2, 0.25) is 0 Å². The van der Waals surface area contributed by atoms with Gasteiger partial charge in [-0.2, -0.15) is 0 Å². The highest BCUT2D eigenvalue weighted by molar-refractivity contribution is 4.83. The summed E-state index contributed by atoms with van der Waals surface area (Å²) in [4.78, 5) is 2.59. The fourth-order valence-electron chi connectivity index (χ4n) is 4.08. The van der Waals surface area contributed by atoms with Crippen molar-refractivity contribution in [2.45, 2.75) is 58.4 Å². The third-order valence-electron chi connectivity index (χ3n) is 5.70. The van der Waals surface area contributed by atoms with Crippen LogP contribution in [0.4, 0.5) is 0 Å². The molecule has 1 heterocycles. The maximum absolute atomic E-state index is 9.51. The Labute approximate surface area is 125 Å². The van der Waals surface area contributed by atoms with Gasteiger partial charge in [0.15, 0.2) is 0 Å². The number of likely N-dealkylation sites (tertiary alicyclic amines) is 1. The van der Waals surface area contributed by atoms with Crippen molar-refractivity contribution >= 4 is 0 Å². The molecule has 2 aliphatic rings. The summed E-state index contributed by atoms with van der Waals surface area (Å²) in [5.41, 5.74) is 0. The van der Waals surface area contributed by atoms with Crippen LogP contribution in [-0.4, -0.2) is 48.8 Å². The van der Waals surface area contributed by atoms with Gasteiger partial charge in [0.1, 0.15) is 0 Å². The van der Waals surface area contributed by atoms with Gasteiger partial charge >= 0.3 is 0 Å². The van der Waals surface area contributed by atoms with Crippen LogP contribution in [-0.2, 0) is 0 Å². The van der Waals surface area contributed by atoms with Gasteiger partial charge in [-0.25, -0.2) is 0 Å². The summed E-state index contributed by atoms with van der Waals surface area (Å²) in [5.74, 6) is 2.05. The molecule has 0 spiro atoms. The first kappa shape index (κ1) is 16.3. The molecule has 1 aliphatic heterocycles. The van der Waals surface area contributed by atoms with E-state index in [1.807, 2.05) is 0 Å². The lowest BCUT2D eigenvalue weighted by molar-refractivity contribution is 0.120. The minimum atomic E-state index is 0.383. The summed E-state index contributed by atoms with van der Waals surface area (Å²) in [6.07, 6.45) is 7.92. The Bertz CT molecular complexity index is 272. The van der Waals surface area contributed by atoms with E-state index >= 15 is 0 Å². The van der Waals surface area contributed by atoms with Crippen LogP contribution in [0.15, 0.2) is 0 Å². The van der Waals surface area contributed by atoms with Crippen molar-refractivity contribution in [3.8, 4) is 0 Å². The lowest BCUT2D eigenvalue weighted by Crippen LogP contribution is -2.46. The SMILES string of the molecule is CCN1CCCC(C(C)NCC2CCCCC2CO)C1. The first-order valence-corrected chi connectivity index (χ1v) is 8.81. The zero-order chi connectivity index (χ0) is 14.4. The Kier molecular flexibility index (Phi) is 6.79. The van der Waals surface area contributed by atoms with Crippen molar-refractivity contribution in [2.24, 2.45) is 17.8 Å². The van der Waals surface area contributed by atoms with E-state index in [1.54, 1.807) is 0 Å². The first-order valence-electron chi connectivity index (χ1n) is 8.81. The number of rotatable bonds is 6. The number of nitrogens with one attached hydrogen (secondary N) is 1. The van der Waals surface area contributed by atoms with E-state index < -0.39 is 0 Å². The zero-order valence-corrected chi connectivity index (χ0v) is 13.5. The minimum Gasteiger partial charge on any atom is -0.396 e. The lowest BCUT2D eigenvalue weighted by Gasteiger charge is -2.37. The third kappa shape index (κ3) is 4.44. The number of piperidine rings is 1. The quantitative estimate of drug-likeness (QED) is 0.786. The van der Waals surface area contributed by atoms with Crippen LogP contribution >= 0.6 is 0 Å². The summed E-state index contributed by atoms with van der Waals surface area (Å²) in [6, 6.07) is 0.616. The van der Waals surface area contributed by atoms with Gasteiger partial charge < -0.3 is 15.3 Å². The van der Waals surface area contributed by atoms with E-state index in [4.69, 9.17) is 0 Å². The number of aliphatic hydroxyl groups is 1. The van der Waals surface area contributed by atoms with E-state index in [0.29, 0.717) is 24.5 Å². The van der Waals surface area contributed by atoms with Crippen molar-refractivity contribution in [3.63, 3.8) is 0 Å². The summed E-state index contributed by atoms with van der Waals surface area (Å²) < 4.78 is 0. The molecule has 2 N–H and O–H groups in total. The molecule has 3 nitrogen and oxygen atoms in total. The van der Waals surface area contributed by atoms with Gasteiger partial charge in [0.05, 0.1) is 0 Å². The molecule has 1 saturated heterocycles. The Balaban J connectivity index is 1.74. The predicted octanol–water partition coefficient (Wildman–Crippen LogP) is 2.50. The summed E-state index contributed by atoms with van der Waals surface area (Å²) in [5, 5.41) is 13.3. The minimum absolute atomic E-state index is 0.383. The van der Waals surface area contributed by atoms with Gasteiger partial charge in [0.2, 0.25) is 0 Å². The van der Waals surface area contributed by atoms with Crippen LogP contribution in [0.1, 0.15) is 52.4 Å². The van der Waals surface area contributed by atoms with Crippen molar-refractivity contribution in [3.05, 3.63) is 0 Å². The molecular weight excluding hydrogens is 248 g/mol. The highest BCUT2D eigenvalue weighted by Gasteiger charge is 2.27. The molecule has 2 rings (SSSR count). The molecule has 0 aromatic carbocycles. The number of hydrogen-bond acceptors (Lipinski definition) is 3. The van der Waals surface area contributed by atoms with Crippen LogP contribution in [0.5, 0.6) is 0 Å². The van der Waals surface area contributed by atoms with Crippen molar-refractivity contribution in [2.75, 3.05) is 32.8 Å². The Morgan fingerprint density at radius 3 is 2.60 bits per heavy atom. The van der Waals surface area contributed by atoms with Crippen LogP contribution in [0.25, 0.3) is 0 Å². The highest BCUT2D eigenvalue weighted by atomic mass is 16.3. The molecule has 118 valence electrons. The molecule has 0 aromatic heterocycles. The Hall–Kier alpha value is -0.120. The van der Waals surface area contributed by atoms with Crippen molar-refractivity contribution < 1.29 is 5.11 Å². The van der Waals surface area contributed by atoms with E-state index in [0.717, 1.165) is 12.5 Å². The standard InChI is InChI=1S/C17H34N2O/c1-3-19-10-6-9-16(12-19)14(2)18-11-15-7-4-5-8-17(15)13-20/h14-18,20H,3-13H2,1-2H3. The van der Waals surface area contributed by atoms with Gasteiger partial charge in [0, 0.05) is 19.2 Å². The second-order valence-electron chi connectivity index (χ2n) is 6.98. The van der Waals surface area contributed by atoms with E-state index in [2.05, 4.69) is 24.1 Å². The Morgan fingerprint density at radius 2 is 1.90 bits per heavy atom. The molecule has 0 bridgehead atoms. The molecule has 2 fully saturated rings. The Morgan fingerprint density at radius 1 is 1.15 bits per heavy atom. The maximum atomic E-state index is 9.51. The van der Waals surface area contributed by atoms with Gasteiger partial charge in [0.25, 0.3) is 0 Å². The van der Waals surface area contributed by atoms with E-state index in [9.17, 15) is 5.11 Å². The summed E-state index contributed by atoms with van der Waals surface area (Å²) >= 11 is 0. The molecular formula is C17H34N2O. The molecule has 0 aromatic rings. The smallest absolute Gasteiger partial charge is 0.0462 e. The molecule has 4 unspecified atom stereocenters. The van der Waals surface area contributed by atoms with Gasteiger partial charge in [-0.1, -0.05) is 19.8 Å².